The van der Waals surface area contributed by atoms with Gasteiger partial charge in [-0.15, -0.1) is 0 Å². The molecule has 118 valence electrons. The SMILES string of the molecule is CC(C)(C)SCC(NC(=O)c1ccccc1)C(=O)NCC#N. The molecule has 1 aromatic rings. The van der Waals surface area contributed by atoms with Crippen LogP contribution in [0.3, 0.4) is 0 Å². The van der Waals surface area contributed by atoms with Crippen molar-refractivity contribution in [2.24, 2.45) is 0 Å². The van der Waals surface area contributed by atoms with Gasteiger partial charge in [-0.25, -0.2) is 0 Å². The lowest BCUT2D eigenvalue weighted by atomic mass is 10.2. The van der Waals surface area contributed by atoms with Crippen LogP contribution in [-0.4, -0.2) is 34.9 Å². The van der Waals surface area contributed by atoms with Crippen molar-refractivity contribution in [3.8, 4) is 6.07 Å². The van der Waals surface area contributed by atoms with Crippen LogP contribution < -0.4 is 10.6 Å². The van der Waals surface area contributed by atoms with Gasteiger partial charge in [-0.05, 0) is 12.1 Å². The Kier molecular flexibility index (Phi) is 6.93. The molecule has 0 spiro atoms. The molecule has 1 rings (SSSR count). The summed E-state index contributed by atoms with van der Waals surface area (Å²) in [6.07, 6.45) is 0. The van der Waals surface area contributed by atoms with E-state index in [0.717, 1.165) is 0 Å². The Labute approximate surface area is 135 Å². The zero-order valence-corrected chi connectivity index (χ0v) is 13.9. The molecule has 5 nitrogen and oxygen atoms in total. The van der Waals surface area contributed by atoms with Crippen molar-refractivity contribution < 1.29 is 9.59 Å². The average Bonchev–Trinajstić information content (AvgIpc) is 2.48. The predicted octanol–water partition coefficient (Wildman–Crippen LogP) is 1.96. The Morgan fingerprint density at radius 3 is 2.45 bits per heavy atom. The minimum Gasteiger partial charge on any atom is -0.341 e. The van der Waals surface area contributed by atoms with E-state index in [1.165, 1.54) is 0 Å². The number of thioether (sulfide) groups is 1. The van der Waals surface area contributed by atoms with Gasteiger partial charge in [0.15, 0.2) is 0 Å². The zero-order chi connectivity index (χ0) is 16.6. The normalized spacial score (nSPS) is 12.1. The lowest BCUT2D eigenvalue weighted by molar-refractivity contribution is -0.122. The van der Waals surface area contributed by atoms with Crippen molar-refractivity contribution in [2.45, 2.75) is 31.6 Å². The van der Waals surface area contributed by atoms with Gasteiger partial charge < -0.3 is 10.6 Å². The van der Waals surface area contributed by atoms with E-state index >= 15 is 0 Å². The number of rotatable bonds is 6. The first-order valence-corrected chi connectivity index (χ1v) is 7.96. The van der Waals surface area contributed by atoms with Crippen LogP contribution in [0, 0.1) is 11.3 Å². The Morgan fingerprint density at radius 2 is 1.91 bits per heavy atom. The van der Waals surface area contributed by atoms with E-state index in [1.54, 1.807) is 36.0 Å². The van der Waals surface area contributed by atoms with Gasteiger partial charge in [0.1, 0.15) is 12.6 Å². The number of hydrogen-bond acceptors (Lipinski definition) is 4. The van der Waals surface area contributed by atoms with E-state index in [9.17, 15) is 9.59 Å². The van der Waals surface area contributed by atoms with Crippen molar-refractivity contribution in [3.63, 3.8) is 0 Å². The number of nitrogens with zero attached hydrogens (tertiary/aromatic N) is 1. The Hall–Kier alpha value is -2.00. The fourth-order valence-electron chi connectivity index (χ4n) is 1.60. The molecule has 0 aromatic heterocycles. The molecule has 22 heavy (non-hydrogen) atoms. The third kappa shape index (κ3) is 6.64. The summed E-state index contributed by atoms with van der Waals surface area (Å²) in [4.78, 5) is 24.3. The predicted molar refractivity (Wildman–Crippen MR) is 88.5 cm³/mol. The van der Waals surface area contributed by atoms with Crippen LogP contribution in [0.1, 0.15) is 31.1 Å². The van der Waals surface area contributed by atoms with Gasteiger partial charge in [0, 0.05) is 16.1 Å². The molecule has 0 aliphatic rings. The molecule has 0 radical (unpaired) electrons. The number of carbonyl (C=O) groups excluding carboxylic acids is 2. The smallest absolute Gasteiger partial charge is 0.251 e. The highest BCUT2D eigenvalue weighted by Crippen LogP contribution is 2.23. The van der Waals surface area contributed by atoms with Gasteiger partial charge in [-0.3, -0.25) is 9.59 Å². The van der Waals surface area contributed by atoms with E-state index in [0.29, 0.717) is 11.3 Å². The number of amides is 2. The van der Waals surface area contributed by atoms with Crippen LogP contribution in [-0.2, 0) is 4.79 Å². The third-order valence-corrected chi connectivity index (χ3v) is 4.05. The summed E-state index contributed by atoms with van der Waals surface area (Å²) < 4.78 is -0.0226. The van der Waals surface area contributed by atoms with E-state index in [4.69, 9.17) is 5.26 Å². The Morgan fingerprint density at radius 1 is 1.27 bits per heavy atom. The highest BCUT2D eigenvalue weighted by atomic mass is 32.2. The van der Waals surface area contributed by atoms with E-state index in [1.807, 2.05) is 32.9 Å². The molecular formula is C16H21N3O2S. The third-order valence-electron chi connectivity index (χ3n) is 2.68. The van der Waals surface area contributed by atoms with Crippen LogP contribution in [0.5, 0.6) is 0 Å². The molecule has 1 unspecified atom stereocenters. The van der Waals surface area contributed by atoms with Gasteiger partial charge in [0.2, 0.25) is 5.91 Å². The van der Waals surface area contributed by atoms with Crippen molar-refractivity contribution in [2.75, 3.05) is 12.3 Å². The fraction of sp³-hybridized carbons (Fsp3) is 0.438. The van der Waals surface area contributed by atoms with Crippen LogP contribution in [0.2, 0.25) is 0 Å². The lowest BCUT2D eigenvalue weighted by Crippen LogP contribution is -2.48. The number of benzene rings is 1. The zero-order valence-electron chi connectivity index (χ0n) is 13.1. The van der Waals surface area contributed by atoms with Crippen molar-refractivity contribution in [1.82, 2.24) is 10.6 Å². The first-order valence-electron chi connectivity index (χ1n) is 6.98. The number of hydrogen-bond donors (Lipinski definition) is 2. The Bertz CT molecular complexity index is 547. The second kappa shape index (κ2) is 8.44. The monoisotopic (exact) mass is 319 g/mol. The molecule has 1 atom stereocenters. The summed E-state index contributed by atoms with van der Waals surface area (Å²) in [5.74, 6) is -0.200. The molecule has 0 saturated heterocycles. The molecule has 2 N–H and O–H groups in total. The molecule has 0 aliphatic carbocycles. The van der Waals surface area contributed by atoms with Crippen molar-refractivity contribution in [3.05, 3.63) is 35.9 Å². The minimum atomic E-state index is -0.676. The second-order valence-electron chi connectivity index (χ2n) is 5.69. The highest BCUT2D eigenvalue weighted by molar-refractivity contribution is 8.00. The van der Waals surface area contributed by atoms with Crippen LogP contribution in [0.15, 0.2) is 30.3 Å². The topological polar surface area (TPSA) is 82.0 Å². The van der Waals surface area contributed by atoms with Gasteiger partial charge in [0.25, 0.3) is 5.91 Å². The van der Waals surface area contributed by atoms with E-state index in [2.05, 4.69) is 10.6 Å². The fourth-order valence-corrected chi connectivity index (χ4v) is 2.50. The molecular weight excluding hydrogens is 298 g/mol. The number of carbonyl (C=O) groups is 2. The first kappa shape index (κ1) is 18.1. The Balaban J connectivity index is 2.74. The molecule has 0 fully saturated rings. The average molecular weight is 319 g/mol. The number of nitrogens with one attached hydrogen (secondary N) is 2. The van der Waals surface area contributed by atoms with Crippen molar-refractivity contribution in [1.29, 1.82) is 5.26 Å². The summed E-state index contributed by atoms with van der Waals surface area (Å²) in [7, 11) is 0. The number of nitriles is 1. The van der Waals surface area contributed by atoms with Crippen LogP contribution in [0.25, 0.3) is 0 Å². The summed E-state index contributed by atoms with van der Waals surface area (Å²) in [5, 5.41) is 13.8. The molecule has 0 bridgehead atoms. The van der Waals surface area contributed by atoms with E-state index in [-0.39, 0.29) is 23.1 Å². The molecule has 6 heteroatoms. The minimum absolute atomic E-state index is 0.0226. The lowest BCUT2D eigenvalue weighted by Gasteiger charge is -2.23. The summed E-state index contributed by atoms with van der Waals surface area (Å²) in [6.45, 7) is 6.06. The summed E-state index contributed by atoms with van der Waals surface area (Å²) in [6, 6.07) is 9.92. The quantitative estimate of drug-likeness (QED) is 0.785. The molecule has 0 saturated carbocycles. The maximum absolute atomic E-state index is 12.2. The maximum Gasteiger partial charge on any atom is 0.251 e. The van der Waals surface area contributed by atoms with Gasteiger partial charge in [0.05, 0.1) is 6.07 Å². The van der Waals surface area contributed by atoms with Crippen molar-refractivity contribution >= 4 is 23.6 Å². The molecule has 2 amide bonds. The highest BCUT2D eigenvalue weighted by Gasteiger charge is 2.23. The standard InChI is InChI=1S/C16H21N3O2S/c1-16(2,3)22-11-13(15(21)18-10-9-17)19-14(20)12-7-5-4-6-8-12/h4-8,13H,10-11H2,1-3H3,(H,18,21)(H,19,20). The van der Waals surface area contributed by atoms with Gasteiger partial charge in [-0.2, -0.15) is 17.0 Å². The van der Waals surface area contributed by atoms with Crippen LogP contribution >= 0.6 is 11.8 Å². The van der Waals surface area contributed by atoms with Gasteiger partial charge >= 0.3 is 0 Å². The van der Waals surface area contributed by atoms with E-state index < -0.39 is 6.04 Å². The molecule has 1 aromatic carbocycles. The second-order valence-corrected chi connectivity index (χ2v) is 7.54. The largest absolute Gasteiger partial charge is 0.341 e. The first-order chi connectivity index (χ1) is 10.3. The van der Waals surface area contributed by atoms with Gasteiger partial charge in [-0.1, -0.05) is 39.0 Å². The van der Waals surface area contributed by atoms with Crippen LogP contribution in [0.4, 0.5) is 0 Å². The summed E-state index contributed by atoms with van der Waals surface area (Å²) in [5.41, 5.74) is 0.501. The summed E-state index contributed by atoms with van der Waals surface area (Å²) >= 11 is 1.58. The maximum atomic E-state index is 12.2. The molecule has 0 heterocycles. The molecule has 0 aliphatic heterocycles.